The first kappa shape index (κ1) is 53.8. The minimum atomic E-state index is -3.32. The first-order valence-corrected chi connectivity index (χ1v) is 33.8. The van der Waals surface area contributed by atoms with Crippen molar-refractivity contribution in [2.75, 3.05) is 0 Å². The van der Waals surface area contributed by atoms with E-state index in [1.165, 1.54) is 55.6 Å². The van der Waals surface area contributed by atoms with E-state index in [0.29, 0.717) is 39.3 Å². The predicted molar refractivity (Wildman–Crippen MR) is 341 cm³/mol. The topological polar surface area (TPSA) is 68.2 Å². The molecule has 10 aromatic carbocycles. The second-order valence-corrected chi connectivity index (χ2v) is 30.1. The van der Waals surface area contributed by atoms with Gasteiger partial charge in [0.05, 0.1) is 43.8 Å². The second kappa shape index (κ2) is 23.8. The van der Waals surface area contributed by atoms with E-state index in [4.69, 9.17) is 9.03 Å². The van der Waals surface area contributed by atoms with Crippen LogP contribution in [0.15, 0.2) is 312 Å². The largest absolute Gasteiger partial charge is 0.375 e. The molecule has 412 valence electrons. The summed E-state index contributed by atoms with van der Waals surface area (Å²) in [6.45, 7) is 3.78. The molecule has 4 aliphatic heterocycles. The molecule has 0 radical (unpaired) electrons. The van der Waals surface area contributed by atoms with Crippen LogP contribution in [0.4, 0.5) is 0 Å². The molecule has 0 aromatic heterocycles. The Morgan fingerprint density at radius 3 is 0.916 bits per heavy atom. The van der Waals surface area contributed by atoms with Crippen molar-refractivity contribution in [2.45, 2.75) is 63.4 Å². The minimum absolute atomic E-state index is 0.120. The van der Waals surface area contributed by atoms with Gasteiger partial charge in [0.1, 0.15) is 0 Å². The van der Waals surface area contributed by atoms with Crippen molar-refractivity contribution < 1.29 is 0 Å². The van der Waals surface area contributed by atoms with Gasteiger partial charge in [0.2, 0.25) is 0 Å². The molecule has 1 unspecified atom stereocenters. The highest BCUT2D eigenvalue weighted by Crippen LogP contribution is 2.90. The van der Waals surface area contributed by atoms with Gasteiger partial charge in [-0.25, -0.2) is 9.34 Å². The van der Waals surface area contributed by atoms with Crippen LogP contribution in [-0.2, 0) is 39.3 Å². The van der Waals surface area contributed by atoms with Crippen LogP contribution in [0.2, 0.25) is 0 Å². The summed E-state index contributed by atoms with van der Waals surface area (Å²) in [5, 5.41) is 8.93. The summed E-state index contributed by atoms with van der Waals surface area (Å²) in [6.07, 6.45) is 0. The van der Waals surface area contributed by atoms with E-state index < -0.39 is 22.9 Å². The molecule has 3 spiro atoms. The summed E-state index contributed by atoms with van der Waals surface area (Å²) in [5.41, 5.74) is 12.3. The van der Waals surface area contributed by atoms with Crippen molar-refractivity contribution in [1.29, 1.82) is 0 Å². The highest BCUT2D eigenvalue weighted by Gasteiger charge is 2.76. The monoisotopic (exact) mass is 1140 g/mol. The summed E-state index contributed by atoms with van der Waals surface area (Å²) in [6, 6.07) is 111. The fraction of sp³-hybridized carbons (Fsp3) is 0.143. The Bertz CT molecular complexity index is 3650. The number of hydrazine groups is 2. The third-order valence-corrected chi connectivity index (χ3v) is 28.0. The van der Waals surface area contributed by atoms with Gasteiger partial charge in [-0.1, -0.05) is 303 Å². The van der Waals surface area contributed by atoms with E-state index >= 15 is 0 Å². The quantitative estimate of drug-likeness (QED) is 0.0928. The normalized spacial score (nSPS) is 22.6. The van der Waals surface area contributed by atoms with E-state index in [9.17, 15) is 0 Å². The molecule has 2 N–H and O–H groups in total. The van der Waals surface area contributed by atoms with Gasteiger partial charge in [0.15, 0.2) is 7.51 Å². The Morgan fingerprint density at radius 1 is 0.301 bits per heavy atom. The lowest BCUT2D eigenvalue weighted by atomic mass is 9.92. The van der Waals surface area contributed by atoms with Crippen molar-refractivity contribution in [1.82, 2.24) is 38.6 Å². The average molecular weight is 1140 g/mol. The van der Waals surface area contributed by atoms with Crippen molar-refractivity contribution in [2.24, 2.45) is 9.03 Å². The van der Waals surface area contributed by atoms with Gasteiger partial charge in [-0.3, -0.25) is 0 Å². The van der Waals surface area contributed by atoms with Crippen LogP contribution in [0.25, 0.3) is 0 Å². The Labute approximate surface area is 490 Å². The lowest BCUT2D eigenvalue weighted by molar-refractivity contribution is 0.263. The number of rotatable bonds is 16. The number of nitrogens with one attached hydrogen (secondary N) is 2. The summed E-state index contributed by atoms with van der Waals surface area (Å²) in [4.78, 5) is 0. The standard InChI is InChI=1S/C70H68N10P3/c1-11-31-57(32-12-1)51-75-67(63-43-23-7-24-44-63)68(64-45-25-8-26-46-64)76(52-58-33-13-2-14-34-58)82(75)73-81(71-79(82)55-61-39-19-5-20-40-61)72-80(56-62-41-21-6-22-42-62)83(74-81)77(53-59-35-15-3-16-36-59)69(65-47-27-9-28-48-65)70(66-49-29-10-30-50-66)78(83)54-60-37-17-4-18-38-60/h1-50,67-72H,51-56H2/q+1/t67-,68-,69+,70+,81?. The first-order valence-electron chi connectivity index (χ1n) is 28.9. The zero-order chi connectivity index (χ0) is 55.5. The molecule has 0 saturated carbocycles. The van der Waals surface area contributed by atoms with Gasteiger partial charge in [0, 0.05) is 19.6 Å². The zero-order valence-corrected chi connectivity index (χ0v) is 49.0. The molecular weight excluding hydrogens is 1070 g/mol. The Kier molecular flexibility index (Phi) is 15.4. The van der Waals surface area contributed by atoms with Crippen LogP contribution in [0.5, 0.6) is 0 Å². The molecule has 0 amide bonds. The van der Waals surface area contributed by atoms with E-state index in [2.05, 4.69) is 342 Å². The minimum Gasteiger partial charge on any atom is -0.231 e. The lowest BCUT2D eigenvalue weighted by Crippen LogP contribution is -2.41. The van der Waals surface area contributed by atoms with Gasteiger partial charge >= 0.3 is 7.87 Å². The fourth-order valence-electron chi connectivity index (χ4n) is 13.0. The first-order chi connectivity index (χ1) is 41.1. The maximum atomic E-state index is 6.87. The van der Waals surface area contributed by atoms with E-state index in [-0.39, 0.29) is 24.2 Å². The molecule has 5 atom stereocenters. The molecule has 2 saturated heterocycles. The molecule has 10 aromatic rings. The van der Waals surface area contributed by atoms with E-state index in [1.807, 2.05) is 0 Å². The molecule has 13 heteroatoms. The summed E-state index contributed by atoms with van der Waals surface area (Å²) in [7, 11) is -9.73. The van der Waals surface area contributed by atoms with E-state index in [1.54, 1.807) is 0 Å². The van der Waals surface area contributed by atoms with Crippen molar-refractivity contribution in [3.8, 4) is 0 Å². The van der Waals surface area contributed by atoms with Gasteiger partial charge < -0.3 is 0 Å². The number of hydrogen-bond acceptors (Lipinski definition) is 10. The van der Waals surface area contributed by atoms with Crippen LogP contribution in [0, 0.1) is 0 Å². The third-order valence-electron chi connectivity index (χ3n) is 16.6. The Morgan fingerprint density at radius 2 is 0.578 bits per heavy atom. The molecule has 4 heterocycles. The van der Waals surface area contributed by atoms with Crippen LogP contribution < -0.4 is 10.4 Å². The number of benzene rings is 10. The third kappa shape index (κ3) is 10.4. The van der Waals surface area contributed by atoms with Crippen LogP contribution in [0.1, 0.15) is 79.8 Å². The zero-order valence-electron chi connectivity index (χ0n) is 46.3. The Balaban J connectivity index is 1.11. The van der Waals surface area contributed by atoms with Gasteiger partial charge in [0.25, 0.3) is 7.51 Å². The number of nitrogens with zero attached hydrogens (tertiary/aromatic N) is 8. The van der Waals surface area contributed by atoms with E-state index in [0.717, 1.165) is 0 Å². The fourth-order valence-corrected chi connectivity index (χ4v) is 28.1. The molecule has 14 rings (SSSR count). The van der Waals surface area contributed by atoms with Gasteiger partial charge in [-0.15, -0.1) is 14.5 Å². The van der Waals surface area contributed by atoms with Gasteiger partial charge in [-0.2, -0.15) is 14.5 Å². The van der Waals surface area contributed by atoms with Crippen LogP contribution in [-0.4, -0.2) is 28.2 Å². The number of hydrogen-bond donors (Lipinski definition) is 2. The molecule has 0 bridgehead atoms. The summed E-state index contributed by atoms with van der Waals surface area (Å²) >= 11 is 0. The van der Waals surface area contributed by atoms with Gasteiger partial charge in [-0.05, 0) is 64.9 Å². The molecular formula is C70H68N10P3+. The average Bonchev–Trinajstić information content (AvgIpc) is 1.70. The summed E-state index contributed by atoms with van der Waals surface area (Å²) in [5.74, 6) is 0. The molecule has 0 aliphatic carbocycles. The molecule has 4 aliphatic rings. The Hall–Kier alpha value is -7.23. The van der Waals surface area contributed by atoms with Crippen molar-refractivity contribution in [3.63, 3.8) is 0 Å². The second-order valence-electron chi connectivity index (χ2n) is 21.9. The van der Waals surface area contributed by atoms with Crippen LogP contribution >= 0.6 is 22.9 Å². The smallest absolute Gasteiger partial charge is 0.231 e. The summed E-state index contributed by atoms with van der Waals surface area (Å²) < 4.78 is 30.2. The van der Waals surface area contributed by atoms with Crippen LogP contribution in [0.3, 0.4) is 0 Å². The molecule has 2 fully saturated rings. The highest BCUT2D eigenvalue weighted by atomic mass is 31.3. The lowest BCUT2D eigenvalue weighted by Gasteiger charge is -2.40. The van der Waals surface area contributed by atoms with Crippen molar-refractivity contribution >= 4 is 22.9 Å². The predicted octanol–water partition coefficient (Wildman–Crippen LogP) is 17.6. The maximum absolute atomic E-state index is 6.87. The SMILES string of the molecule is c1ccc(CN2NP3(=N[P+]4(N(Cc5ccccc5)N3)N(Cc3ccccc3)[C@@H](c3ccccc3)[C@H](c3ccccc3)N4Cc3ccccc3)N=P23N(Cc2ccccc2)[C@H](c2ccccc2)[C@@H](c2ccccc2)N3Cc2ccccc2)cc1. The maximum Gasteiger partial charge on any atom is 0.375 e. The molecule has 10 nitrogen and oxygen atoms in total. The highest BCUT2D eigenvalue weighted by molar-refractivity contribution is 7.82. The molecule has 83 heavy (non-hydrogen) atoms. The van der Waals surface area contributed by atoms with Crippen molar-refractivity contribution in [3.05, 3.63) is 359 Å².